The molecule has 0 spiro atoms. The van der Waals surface area contributed by atoms with E-state index in [0.717, 1.165) is 35.5 Å². The van der Waals surface area contributed by atoms with Crippen molar-refractivity contribution in [2.75, 3.05) is 7.11 Å². The van der Waals surface area contributed by atoms with Gasteiger partial charge in [0.15, 0.2) is 11.5 Å². The topological polar surface area (TPSA) is 44.5 Å². The predicted molar refractivity (Wildman–Crippen MR) is 102 cm³/mol. The van der Waals surface area contributed by atoms with Crippen LogP contribution in [0.1, 0.15) is 49.8 Å². The highest BCUT2D eigenvalue weighted by atomic mass is 35.5. The Bertz CT molecular complexity index is 589. The van der Waals surface area contributed by atoms with Crippen molar-refractivity contribution in [3.63, 3.8) is 0 Å². The van der Waals surface area contributed by atoms with Crippen LogP contribution in [0.15, 0.2) is 48.5 Å². The molecular weight excluding hydrogens is 322 g/mol. The van der Waals surface area contributed by atoms with E-state index in [1.54, 1.807) is 7.11 Å². The summed E-state index contributed by atoms with van der Waals surface area (Å²) in [7, 11) is 1.66. The molecule has 0 aliphatic heterocycles. The van der Waals surface area contributed by atoms with Gasteiger partial charge in [-0.1, -0.05) is 62.6 Å². The summed E-state index contributed by atoms with van der Waals surface area (Å²) in [5.41, 5.74) is 8.54. The van der Waals surface area contributed by atoms with Crippen LogP contribution < -0.4 is 15.2 Å². The van der Waals surface area contributed by atoms with Crippen LogP contribution in [0.5, 0.6) is 11.5 Å². The highest BCUT2D eigenvalue weighted by Gasteiger charge is 2.11. The van der Waals surface area contributed by atoms with Gasteiger partial charge in [-0.2, -0.15) is 0 Å². The first-order valence-electron chi connectivity index (χ1n) is 8.34. The SMILES string of the molecule is CCCCC[C@@H](N)c1ccc(OC)c(OCc2ccccc2)c1.Cl. The fraction of sp³-hybridized carbons (Fsp3) is 0.400. The molecule has 0 bridgehead atoms. The zero-order valence-electron chi connectivity index (χ0n) is 14.5. The van der Waals surface area contributed by atoms with Crippen LogP contribution in [0.3, 0.4) is 0 Å². The summed E-state index contributed by atoms with van der Waals surface area (Å²) in [5.74, 6) is 1.49. The van der Waals surface area contributed by atoms with Crippen LogP contribution in [0.2, 0.25) is 0 Å². The highest BCUT2D eigenvalue weighted by Crippen LogP contribution is 2.31. The maximum absolute atomic E-state index is 6.31. The van der Waals surface area contributed by atoms with E-state index in [4.69, 9.17) is 15.2 Å². The molecule has 0 aromatic heterocycles. The van der Waals surface area contributed by atoms with Gasteiger partial charge in [-0.05, 0) is 29.7 Å². The normalized spacial score (nSPS) is 11.5. The van der Waals surface area contributed by atoms with E-state index in [1.807, 2.05) is 48.5 Å². The average molecular weight is 350 g/mol. The molecule has 24 heavy (non-hydrogen) atoms. The number of benzene rings is 2. The van der Waals surface area contributed by atoms with Crippen molar-refractivity contribution in [3.05, 3.63) is 59.7 Å². The van der Waals surface area contributed by atoms with Gasteiger partial charge in [0.25, 0.3) is 0 Å². The number of hydrogen-bond acceptors (Lipinski definition) is 3. The Kier molecular flexibility index (Phi) is 9.28. The van der Waals surface area contributed by atoms with Crippen LogP contribution in [0.25, 0.3) is 0 Å². The molecule has 2 aromatic carbocycles. The molecular formula is C20H28ClNO2. The number of unbranched alkanes of at least 4 members (excludes halogenated alkanes) is 2. The maximum atomic E-state index is 6.31. The third kappa shape index (κ3) is 6.06. The summed E-state index contributed by atoms with van der Waals surface area (Å²) in [6.45, 7) is 2.72. The van der Waals surface area contributed by atoms with E-state index in [2.05, 4.69) is 6.92 Å². The minimum Gasteiger partial charge on any atom is -0.493 e. The molecule has 0 radical (unpaired) electrons. The Morgan fingerprint density at radius 3 is 2.42 bits per heavy atom. The lowest BCUT2D eigenvalue weighted by Gasteiger charge is -2.16. The molecule has 0 heterocycles. The van der Waals surface area contributed by atoms with Crippen molar-refractivity contribution in [1.82, 2.24) is 0 Å². The molecule has 1 atom stereocenters. The largest absolute Gasteiger partial charge is 0.493 e. The Morgan fingerprint density at radius 2 is 1.75 bits per heavy atom. The lowest BCUT2D eigenvalue weighted by Crippen LogP contribution is -2.10. The van der Waals surface area contributed by atoms with Crippen molar-refractivity contribution in [3.8, 4) is 11.5 Å². The first-order chi connectivity index (χ1) is 11.2. The smallest absolute Gasteiger partial charge is 0.161 e. The molecule has 0 fully saturated rings. The third-order valence-corrected chi connectivity index (χ3v) is 3.97. The van der Waals surface area contributed by atoms with Crippen molar-refractivity contribution >= 4 is 12.4 Å². The zero-order valence-corrected chi connectivity index (χ0v) is 15.4. The zero-order chi connectivity index (χ0) is 16.5. The van der Waals surface area contributed by atoms with Gasteiger partial charge in [0.1, 0.15) is 6.61 Å². The van der Waals surface area contributed by atoms with E-state index in [9.17, 15) is 0 Å². The van der Waals surface area contributed by atoms with Crippen LogP contribution in [-0.4, -0.2) is 7.11 Å². The molecule has 0 unspecified atom stereocenters. The number of methoxy groups -OCH3 is 1. The molecule has 0 aliphatic rings. The van der Waals surface area contributed by atoms with Gasteiger partial charge in [-0.15, -0.1) is 12.4 Å². The van der Waals surface area contributed by atoms with E-state index in [0.29, 0.717) is 6.61 Å². The predicted octanol–water partition coefficient (Wildman–Crippen LogP) is 5.28. The Hall–Kier alpha value is -1.71. The number of hydrogen-bond donors (Lipinski definition) is 1. The molecule has 3 nitrogen and oxygen atoms in total. The second-order valence-corrected chi connectivity index (χ2v) is 5.79. The van der Waals surface area contributed by atoms with E-state index < -0.39 is 0 Å². The first kappa shape index (κ1) is 20.3. The summed E-state index contributed by atoms with van der Waals surface area (Å²) in [4.78, 5) is 0. The van der Waals surface area contributed by atoms with Gasteiger partial charge in [0, 0.05) is 6.04 Å². The van der Waals surface area contributed by atoms with Gasteiger partial charge >= 0.3 is 0 Å². The lowest BCUT2D eigenvalue weighted by atomic mass is 10.0. The van der Waals surface area contributed by atoms with Gasteiger partial charge in [0.2, 0.25) is 0 Å². The Morgan fingerprint density at radius 1 is 1.00 bits per heavy atom. The van der Waals surface area contributed by atoms with Crippen LogP contribution in [0.4, 0.5) is 0 Å². The standard InChI is InChI=1S/C20H27NO2.ClH/c1-3-4-6-11-18(21)17-12-13-19(22-2)20(14-17)23-15-16-9-7-5-8-10-16;/h5,7-10,12-14,18H,3-4,6,11,15,21H2,1-2H3;1H/t18-;/m1./s1. The molecule has 0 amide bonds. The molecule has 2 rings (SSSR count). The van der Waals surface area contributed by atoms with Crippen LogP contribution in [-0.2, 0) is 6.61 Å². The average Bonchev–Trinajstić information content (AvgIpc) is 2.60. The van der Waals surface area contributed by atoms with Gasteiger partial charge in [-0.3, -0.25) is 0 Å². The molecule has 0 aliphatic carbocycles. The fourth-order valence-electron chi connectivity index (χ4n) is 2.55. The van der Waals surface area contributed by atoms with Crippen molar-refractivity contribution < 1.29 is 9.47 Å². The summed E-state index contributed by atoms with van der Waals surface area (Å²) in [6.07, 6.45) is 4.59. The van der Waals surface area contributed by atoms with Gasteiger partial charge in [0.05, 0.1) is 7.11 Å². The third-order valence-electron chi connectivity index (χ3n) is 3.97. The van der Waals surface area contributed by atoms with E-state index >= 15 is 0 Å². The second-order valence-electron chi connectivity index (χ2n) is 5.79. The summed E-state index contributed by atoms with van der Waals surface area (Å²) in [5, 5.41) is 0. The monoisotopic (exact) mass is 349 g/mol. The molecule has 0 saturated heterocycles. The minimum absolute atomic E-state index is 0. The first-order valence-corrected chi connectivity index (χ1v) is 8.34. The molecule has 4 heteroatoms. The summed E-state index contributed by atoms with van der Waals surface area (Å²) >= 11 is 0. The number of ether oxygens (including phenoxy) is 2. The summed E-state index contributed by atoms with van der Waals surface area (Å²) < 4.78 is 11.4. The number of halogens is 1. The molecule has 2 N–H and O–H groups in total. The quantitative estimate of drug-likeness (QED) is 0.626. The molecule has 2 aromatic rings. The van der Waals surface area contributed by atoms with Crippen molar-refractivity contribution in [2.45, 2.75) is 45.3 Å². The minimum atomic E-state index is 0. The van der Waals surface area contributed by atoms with Crippen molar-refractivity contribution in [2.24, 2.45) is 5.73 Å². The number of rotatable bonds is 9. The Labute approximate surface area is 151 Å². The molecule has 132 valence electrons. The highest BCUT2D eigenvalue weighted by molar-refractivity contribution is 5.85. The van der Waals surface area contributed by atoms with E-state index in [-0.39, 0.29) is 18.4 Å². The molecule has 0 saturated carbocycles. The lowest BCUT2D eigenvalue weighted by molar-refractivity contribution is 0.284. The van der Waals surface area contributed by atoms with E-state index in [1.165, 1.54) is 12.8 Å². The number of nitrogens with two attached hydrogens (primary N) is 1. The second kappa shape index (κ2) is 11.0. The fourth-order valence-corrected chi connectivity index (χ4v) is 2.55. The van der Waals surface area contributed by atoms with Crippen LogP contribution in [0, 0.1) is 0 Å². The van der Waals surface area contributed by atoms with Gasteiger partial charge < -0.3 is 15.2 Å². The van der Waals surface area contributed by atoms with Gasteiger partial charge in [-0.25, -0.2) is 0 Å². The Balaban J connectivity index is 0.00000288. The summed E-state index contributed by atoms with van der Waals surface area (Å²) in [6, 6.07) is 16.1. The van der Waals surface area contributed by atoms with Crippen molar-refractivity contribution in [1.29, 1.82) is 0 Å². The van der Waals surface area contributed by atoms with Crippen LogP contribution >= 0.6 is 12.4 Å². The maximum Gasteiger partial charge on any atom is 0.161 e.